The fraction of sp³-hybridized carbons (Fsp3) is 0.462. The van der Waals surface area contributed by atoms with E-state index in [1.165, 1.54) is 6.07 Å². The second-order valence-electron chi connectivity index (χ2n) is 3.90. The Morgan fingerprint density at radius 3 is 2.89 bits per heavy atom. The van der Waals surface area contributed by atoms with Gasteiger partial charge in [-0.15, -0.1) is 0 Å². The average Bonchev–Trinajstić information content (AvgIpc) is 2.34. The summed E-state index contributed by atoms with van der Waals surface area (Å²) in [6.07, 6.45) is 0.753. The minimum absolute atomic E-state index is 0.329. The zero-order valence-corrected chi connectivity index (χ0v) is 10.8. The first kappa shape index (κ1) is 14.4. The van der Waals surface area contributed by atoms with Crippen molar-refractivity contribution in [3.05, 3.63) is 29.6 Å². The van der Waals surface area contributed by atoms with Crippen molar-refractivity contribution in [2.24, 2.45) is 0 Å². The van der Waals surface area contributed by atoms with E-state index < -0.39 is 0 Å². The van der Waals surface area contributed by atoms with Gasteiger partial charge in [0, 0.05) is 25.4 Å². The molecule has 0 unspecified atom stereocenters. The Morgan fingerprint density at radius 2 is 2.22 bits per heavy atom. The van der Waals surface area contributed by atoms with Gasteiger partial charge in [0.25, 0.3) is 0 Å². The van der Waals surface area contributed by atoms with Crippen molar-refractivity contribution < 1.29 is 13.9 Å². The number of benzene rings is 1. The summed E-state index contributed by atoms with van der Waals surface area (Å²) in [6, 6.07) is 4.25. The lowest BCUT2D eigenvalue weighted by molar-refractivity contribution is 0.145. The van der Waals surface area contributed by atoms with Crippen LogP contribution >= 0.6 is 0 Å². The van der Waals surface area contributed by atoms with Crippen molar-refractivity contribution >= 4 is 11.7 Å². The quantitative estimate of drug-likeness (QED) is 0.767. The number of carbonyl (C=O) groups is 1. The number of halogens is 1. The fourth-order valence-electron chi connectivity index (χ4n) is 1.37. The third-order valence-corrected chi connectivity index (χ3v) is 2.38. The largest absolute Gasteiger partial charge is 0.382 e. The Labute approximate surface area is 107 Å². The SMILES string of the molecule is CCOCCCNC(=O)Nc1ccc(C)c(F)c1. The number of anilines is 1. The number of urea groups is 1. The molecule has 0 heterocycles. The lowest BCUT2D eigenvalue weighted by Gasteiger charge is -2.08. The first-order valence-electron chi connectivity index (χ1n) is 6.02. The molecule has 2 N–H and O–H groups in total. The molecule has 0 aliphatic heterocycles. The first-order chi connectivity index (χ1) is 8.63. The van der Waals surface area contributed by atoms with Crippen molar-refractivity contribution in [1.29, 1.82) is 0 Å². The molecule has 0 radical (unpaired) electrons. The molecular weight excluding hydrogens is 235 g/mol. The summed E-state index contributed by atoms with van der Waals surface area (Å²) in [4.78, 5) is 11.5. The van der Waals surface area contributed by atoms with Gasteiger partial charge < -0.3 is 15.4 Å². The van der Waals surface area contributed by atoms with Crippen LogP contribution in [0.25, 0.3) is 0 Å². The van der Waals surface area contributed by atoms with Gasteiger partial charge in [0.05, 0.1) is 0 Å². The summed E-state index contributed by atoms with van der Waals surface area (Å²) in [5, 5.41) is 5.24. The van der Waals surface area contributed by atoms with Gasteiger partial charge in [-0.2, -0.15) is 0 Å². The number of rotatable bonds is 6. The lowest BCUT2D eigenvalue weighted by Crippen LogP contribution is -2.30. The number of carbonyl (C=O) groups excluding carboxylic acids is 1. The summed E-state index contributed by atoms with van der Waals surface area (Å²) >= 11 is 0. The highest BCUT2D eigenvalue weighted by atomic mass is 19.1. The number of amides is 2. The minimum atomic E-state index is -0.338. The van der Waals surface area contributed by atoms with Crippen LogP contribution < -0.4 is 10.6 Å². The normalized spacial score (nSPS) is 10.2. The average molecular weight is 254 g/mol. The maximum atomic E-state index is 13.2. The predicted octanol–water partition coefficient (Wildman–Crippen LogP) is 2.68. The van der Waals surface area contributed by atoms with Crippen molar-refractivity contribution in [2.45, 2.75) is 20.3 Å². The summed E-state index contributed by atoms with van der Waals surface area (Å²) < 4.78 is 18.4. The molecule has 0 aliphatic rings. The van der Waals surface area contributed by atoms with E-state index in [9.17, 15) is 9.18 Å². The van der Waals surface area contributed by atoms with Crippen molar-refractivity contribution in [3.63, 3.8) is 0 Å². The smallest absolute Gasteiger partial charge is 0.319 e. The van der Waals surface area contributed by atoms with Crippen LogP contribution in [0.4, 0.5) is 14.9 Å². The van der Waals surface area contributed by atoms with E-state index in [4.69, 9.17) is 4.74 Å². The number of nitrogens with one attached hydrogen (secondary N) is 2. The van der Waals surface area contributed by atoms with Crippen LogP contribution in [0.3, 0.4) is 0 Å². The number of hydrogen-bond donors (Lipinski definition) is 2. The van der Waals surface area contributed by atoms with Crippen LogP contribution in [0.5, 0.6) is 0 Å². The summed E-state index contributed by atoms with van der Waals surface area (Å²) in [6.45, 7) is 5.42. The molecule has 1 aromatic carbocycles. The molecule has 0 spiro atoms. The summed E-state index contributed by atoms with van der Waals surface area (Å²) in [5.74, 6) is -0.329. The third kappa shape index (κ3) is 5.14. The van der Waals surface area contributed by atoms with Gasteiger partial charge in [0.2, 0.25) is 0 Å². The van der Waals surface area contributed by atoms with E-state index in [0.29, 0.717) is 31.0 Å². The third-order valence-electron chi connectivity index (χ3n) is 2.38. The Kier molecular flexibility index (Phi) is 6.14. The van der Waals surface area contributed by atoms with Gasteiger partial charge in [0.1, 0.15) is 5.82 Å². The van der Waals surface area contributed by atoms with Gasteiger partial charge in [-0.25, -0.2) is 9.18 Å². The molecule has 100 valence electrons. The van der Waals surface area contributed by atoms with E-state index in [0.717, 1.165) is 6.42 Å². The Hall–Kier alpha value is -1.62. The molecule has 0 fully saturated rings. The van der Waals surface area contributed by atoms with Gasteiger partial charge >= 0.3 is 6.03 Å². The number of aryl methyl sites for hydroxylation is 1. The topological polar surface area (TPSA) is 50.4 Å². The minimum Gasteiger partial charge on any atom is -0.382 e. The van der Waals surface area contributed by atoms with Crippen LogP contribution in [-0.4, -0.2) is 25.8 Å². The van der Waals surface area contributed by atoms with E-state index in [2.05, 4.69) is 10.6 Å². The van der Waals surface area contributed by atoms with Crippen LogP contribution in [0.1, 0.15) is 18.9 Å². The predicted molar refractivity (Wildman–Crippen MR) is 69.3 cm³/mol. The molecule has 18 heavy (non-hydrogen) atoms. The number of ether oxygens (including phenoxy) is 1. The molecule has 0 saturated carbocycles. The molecule has 0 aromatic heterocycles. The zero-order valence-electron chi connectivity index (χ0n) is 10.8. The molecule has 0 atom stereocenters. The van der Waals surface area contributed by atoms with Crippen LogP contribution in [-0.2, 0) is 4.74 Å². The van der Waals surface area contributed by atoms with Crippen molar-refractivity contribution in [3.8, 4) is 0 Å². The molecule has 0 aliphatic carbocycles. The highest BCUT2D eigenvalue weighted by Gasteiger charge is 2.03. The summed E-state index contributed by atoms with van der Waals surface area (Å²) in [5.41, 5.74) is 0.998. The lowest BCUT2D eigenvalue weighted by atomic mass is 10.2. The standard InChI is InChI=1S/C13H19FN2O2/c1-3-18-8-4-7-15-13(17)16-11-6-5-10(2)12(14)9-11/h5-6,9H,3-4,7-8H2,1-2H3,(H2,15,16,17). The van der Waals surface area contributed by atoms with E-state index >= 15 is 0 Å². The van der Waals surface area contributed by atoms with Gasteiger partial charge in [-0.05, 0) is 38.0 Å². The van der Waals surface area contributed by atoms with Crippen LogP contribution in [0, 0.1) is 12.7 Å². The Balaban J connectivity index is 2.29. The number of hydrogen-bond acceptors (Lipinski definition) is 2. The molecule has 2 amide bonds. The molecule has 0 saturated heterocycles. The maximum absolute atomic E-state index is 13.2. The molecule has 5 heteroatoms. The summed E-state index contributed by atoms with van der Waals surface area (Å²) in [7, 11) is 0. The molecule has 1 aromatic rings. The highest BCUT2D eigenvalue weighted by molar-refractivity contribution is 5.89. The molecule has 0 bridgehead atoms. The van der Waals surface area contributed by atoms with E-state index in [1.807, 2.05) is 6.92 Å². The molecule has 4 nitrogen and oxygen atoms in total. The zero-order chi connectivity index (χ0) is 13.4. The van der Waals surface area contributed by atoms with Gasteiger partial charge in [0.15, 0.2) is 0 Å². The van der Waals surface area contributed by atoms with E-state index in [-0.39, 0.29) is 11.8 Å². The molecule has 1 rings (SSSR count). The van der Waals surface area contributed by atoms with Crippen molar-refractivity contribution in [1.82, 2.24) is 5.32 Å². The maximum Gasteiger partial charge on any atom is 0.319 e. The Bertz CT molecular complexity index is 397. The van der Waals surface area contributed by atoms with Gasteiger partial charge in [-0.1, -0.05) is 6.07 Å². The van der Waals surface area contributed by atoms with Crippen LogP contribution in [0.15, 0.2) is 18.2 Å². The first-order valence-corrected chi connectivity index (χ1v) is 6.02. The van der Waals surface area contributed by atoms with Crippen LogP contribution in [0.2, 0.25) is 0 Å². The second kappa shape index (κ2) is 7.66. The van der Waals surface area contributed by atoms with E-state index in [1.54, 1.807) is 19.1 Å². The van der Waals surface area contributed by atoms with Crippen molar-refractivity contribution in [2.75, 3.05) is 25.1 Å². The monoisotopic (exact) mass is 254 g/mol. The molecular formula is C13H19FN2O2. The second-order valence-corrected chi connectivity index (χ2v) is 3.90. The van der Waals surface area contributed by atoms with Gasteiger partial charge in [-0.3, -0.25) is 0 Å². The fourth-order valence-corrected chi connectivity index (χ4v) is 1.37. The highest BCUT2D eigenvalue weighted by Crippen LogP contribution is 2.13. The Morgan fingerprint density at radius 1 is 1.44 bits per heavy atom.